The molecule has 29 heavy (non-hydrogen) atoms. The van der Waals surface area contributed by atoms with Crippen molar-refractivity contribution in [1.29, 1.82) is 0 Å². The molecular weight excluding hydrogens is 400 g/mol. The van der Waals surface area contributed by atoms with Gasteiger partial charge in [0.1, 0.15) is 5.75 Å². The van der Waals surface area contributed by atoms with E-state index in [0.29, 0.717) is 17.7 Å². The maximum Gasteiger partial charge on any atom is 0.335 e. The van der Waals surface area contributed by atoms with Crippen molar-refractivity contribution in [2.24, 2.45) is 0 Å². The number of sulfonamides is 1. The Morgan fingerprint density at radius 1 is 1.07 bits per heavy atom. The highest BCUT2D eigenvalue weighted by Crippen LogP contribution is 2.23. The van der Waals surface area contributed by atoms with E-state index in [1.54, 1.807) is 6.07 Å². The Morgan fingerprint density at radius 2 is 1.76 bits per heavy atom. The summed E-state index contributed by atoms with van der Waals surface area (Å²) >= 11 is 0. The van der Waals surface area contributed by atoms with Crippen LogP contribution in [-0.2, 0) is 27.7 Å². The lowest BCUT2D eigenvalue weighted by Gasteiger charge is -2.13. The number of aryl methyl sites for hydroxylation is 2. The van der Waals surface area contributed by atoms with Crippen molar-refractivity contribution in [3.05, 3.63) is 59.2 Å². The van der Waals surface area contributed by atoms with E-state index in [9.17, 15) is 23.1 Å². The van der Waals surface area contributed by atoms with E-state index in [1.165, 1.54) is 30.8 Å². The summed E-state index contributed by atoms with van der Waals surface area (Å²) in [4.78, 5) is 22.3. The van der Waals surface area contributed by atoms with Crippen LogP contribution in [0, 0.1) is 0 Å². The zero-order chi connectivity index (χ0) is 21.4. The van der Waals surface area contributed by atoms with Gasteiger partial charge < -0.3 is 9.84 Å². The van der Waals surface area contributed by atoms with Gasteiger partial charge in [-0.3, -0.25) is 10.0 Å². The van der Waals surface area contributed by atoms with E-state index in [1.807, 2.05) is 18.2 Å². The van der Waals surface area contributed by atoms with Crippen LogP contribution in [0.25, 0.3) is 0 Å². The van der Waals surface area contributed by atoms with Gasteiger partial charge in [0.2, 0.25) is 15.9 Å². The topological polar surface area (TPSA) is 142 Å². The van der Waals surface area contributed by atoms with Gasteiger partial charge in [-0.2, -0.15) is 0 Å². The number of carbonyl (C=O) groups excluding carboxylic acids is 1. The zero-order valence-electron chi connectivity index (χ0n) is 15.7. The maximum atomic E-state index is 12.7. The van der Waals surface area contributed by atoms with E-state index in [-0.39, 0.29) is 29.8 Å². The second-order valence-electron chi connectivity index (χ2n) is 6.12. The van der Waals surface area contributed by atoms with Crippen LogP contribution in [0.15, 0.2) is 47.4 Å². The Hall–Kier alpha value is -2.95. The molecule has 2 aromatic rings. The molecule has 0 bridgehead atoms. The monoisotopic (exact) mass is 422 g/mol. The molecule has 156 valence electrons. The molecule has 4 N–H and O–H groups in total. The Morgan fingerprint density at radius 3 is 2.41 bits per heavy atom. The fourth-order valence-corrected chi connectivity index (χ4v) is 4.06. The SMILES string of the molecule is COc1ccccc1CCc1cc(C(=O)O)ccc1S(=O)(=O)NCCC(=O)NO. The summed E-state index contributed by atoms with van der Waals surface area (Å²) in [5.41, 5.74) is 2.57. The Labute approximate surface area is 168 Å². The van der Waals surface area contributed by atoms with Gasteiger partial charge in [-0.1, -0.05) is 18.2 Å². The average Bonchev–Trinajstić information content (AvgIpc) is 2.71. The second-order valence-corrected chi connectivity index (χ2v) is 7.86. The Balaban J connectivity index is 2.30. The highest BCUT2D eigenvalue weighted by molar-refractivity contribution is 7.89. The summed E-state index contributed by atoms with van der Waals surface area (Å²) in [6, 6.07) is 11.0. The molecule has 0 atom stereocenters. The van der Waals surface area contributed by atoms with Gasteiger partial charge in [-0.05, 0) is 48.2 Å². The summed E-state index contributed by atoms with van der Waals surface area (Å²) in [6.45, 7) is -0.221. The number of aromatic carboxylic acids is 1. The standard InChI is InChI=1S/C19H22N2O7S/c1-28-16-5-3-2-4-13(16)6-7-14-12-15(19(23)24)8-9-17(14)29(26,27)20-11-10-18(22)21-25/h2-5,8-9,12,20,25H,6-7,10-11H2,1H3,(H,21,22)(H,23,24). The van der Waals surface area contributed by atoms with Crippen LogP contribution >= 0.6 is 0 Å². The molecule has 0 heterocycles. The molecule has 0 saturated heterocycles. The third-order valence-corrected chi connectivity index (χ3v) is 5.78. The quantitative estimate of drug-likeness (QED) is 0.334. The highest BCUT2D eigenvalue weighted by atomic mass is 32.2. The molecule has 9 nitrogen and oxygen atoms in total. The number of methoxy groups -OCH3 is 1. The molecule has 0 spiro atoms. The Bertz CT molecular complexity index is 990. The number of rotatable bonds is 10. The molecule has 0 fully saturated rings. The molecule has 0 aliphatic heterocycles. The maximum absolute atomic E-state index is 12.7. The molecule has 2 rings (SSSR count). The number of carboxylic acids is 1. The van der Waals surface area contributed by atoms with Crippen LogP contribution in [0.1, 0.15) is 27.9 Å². The largest absolute Gasteiger partial charge is 0.496 e. The predicted octanol–water partition coefficient (Wildman–Crippen LogP) is 1.35. The molecule has 0 aliphatic carbocycles. The van der Waals surface area contributed by atoms with Crippen LogP contribution in [0.4, 0.5) is 0 Å². The number of para-hydroxylation sites is 1. The van der Waals surface area contributed by atoms with Crippen molar-refractivity contribution in [3.63, 3.8) is 0 Å². The number of amides is 1. The van der Waals surface area contributed by atoms with Crippen molar-refractivity contribution in [2.45, 2.75) is 24.2 Å². The number of carboxylic acid groups (broad SMARTS) is 1. The minimum Gasteiger partial charge on any atom is -0.496 e. The summed E-state index contributed by atoms with van der Waals surface area (Å²) < 4.78 is 32.9. The number of carbonyl (C=O) groups is 2. The molecule has 1 amide bonds. The molecular formula is C19H22N2O7S. The fourth-order valence-electron chi connectivity index (χ4n) is 2.78. The van der Waals surface area contributed by atoms with Crippen molar-refractivity contribution in [3.8, 4) is 5.75 Å². The van der Waals surface area contributed by atoms with Crippen LogP contribution in [0.3, 0.4) is 0 Å². The lowest BCUT2D eigenvalue weighted by Crippen LogP contribution is -2.30. The number of hydrogen-bond acceptors (Lipinski definition) is 6. The lowest BCUT2D eigenvalue weighted by molar-refractivity contribution is -0.129. The average molecular weight is 422 g/mol. The first-order valence-corrected chi connectivity index (χ1v) is 10.2. The Kier molecular flexibility index (Phi) is 7.71. The summed E-state index contributed by atoms with van der Waals surface area (Å²) in [7, 11) is -2.46. The van der Waals surface area contributed by atoms with Gasteiger partial charge >= 0.3 is 5.97 Å². The number of hydrogen-bond donors (Lipinski definition) is 4. The van der Waals surface area contributed by atoms with E-state index in [2.05, 4.69) is 4.72 Å². The van der Waals surface area contributed by atoms with E-state index < -0.39 is 21.9 Å². The first kappa shape index (κ1) is 22.3. The van der Waals surface area contributed by atoms with Crippen molar-refractivity contribution in [1.82, 2.24) is 10.2 Å². The second kappa shape index (κ2) is 10.0. The molecule has 2 aromatic carbocycles. The summed E-state index contributed by atoms with van der Waals surface area (Å²) in [6.07, 6.45) is 0.441. The lowest BCUT2D eigenvalue weighted by atomic mass is 10.0. The minimum absolute atomic E-state index is 0.0290. The number of benzene rings is 2. The molecule has 0 unspecified atom stereocenters. The number of ether oxygens (including phenoxy) is 1. The smallest absolute Gasteiger partial charge is 0.335 e. The molecule has 10 heteroatoms. The minimum atomic E-state index is -3.99. The van der Waals surface area contributed by atoms with Gasteiger partial charge in [-0.25, -0.2) is 23.4 Å². The zero-order valence-corrected chi connectivity index (χ0v) is 16.5. The number of nitrogens with one attached hydrogen (secondary N) is 2. The van der Waals surface area contributed by atoms with Crippen molar-refractivity contribution >= 4 is 21.9 Å². The van der Waals surface area contributed by atoms with Gasteiger partial charge in [0.15, 0.2) is 0 Å². The molecule has 0 saturated carbocycles. The molecule has 0 aliphatic rings. The van der Waals surface area contributed by atoms with Crippen LogP contribution in [0.5, 0.6) is 5.75 Å². The first-order chi connectivity index (χ1) is 13.8. The summed E-state index contributed by atoms with van der Waals surface area (Å²) in [5, 5.41) is 17.7. The number of hydroxylamine groups is 1. The van der Waals surface area contributed by atoms with Gasteiger partial charge in [0.25, 0.3) is 0 Å². The van der Waals surface area contributed by atoms with E-state index >= 15 is 0 Å². The van der Waals surface area contributed by atoms with Crippen LogP contribution in [0.2, 0.25) is 0 Å². The van der Waals surface area contributed by atoms with E-state index in [4.69, 9.17) is 9.94 Å². The first-order valence-electron chi connectivity index (χ1n) is 8.69. The van der Waals surface area contributed by atoms with Gasteiger partial charge in [0, 0.05) is 13.0 Å². The van der Waals surface area contributed by atoms with Crippen molar-refractivity contribution < 1.29 is 33.1 Å². The predicted molar refractivity (Wildman–Crippen MR) is 104 cm³/mol. The normalized spacial score (nSPS) is 11.1. The van der Waals surface area contributed by atoms with Gasteiger partial charge in [-0.15, -0.1) is 0 Å². The van der Waals surface area contributed by atoms with E-state index in [0.717, 1.165) is 5.56 Å². The fraction of sp³-hybridized carbons (Fsp3) is 0.263. The van der Waals surface area contributed by atoms with Crippen molar-refractivity contribution in [2.75, 3.05) is 13.7 Å². The van der Waals surface area contributed by atoms with Gasteiger partial charge in [0.05, 0.1) is 17.6 Å². The van der Waals surface area contributed by atoms with Crippen LogP contribution in [-0.4, -0.2) is 44.3 Å². The third kappa shape index (κ3) is 6.01. The molecule has 0 radical (unpaired) electrons. The van der Waals surface area contributed by atoms with Crippen LogP contribution < -0.4 is 14.9 Å². The summed E-state index contributed by atoms with van der Waals surface area (Å²) in [5.74, 6) is -1.25. The molecule has 0 aromatic heterocycles. The highest BCUT2D eigenvalue weighted by Gasteiger charge is 2.20. The third-order valence-electron chi connectivity index (χ3n) is 4.22.